The monoisotopic (exact) mass is 412 g/mol. The molecule has 0 unspecified atom stereocenters. The number of fused-ring (bicyclic) bond motifs is 1. The van der Waals surface area contributed by atoms with Crippen LogP contribution in [0.15, 0.2) is 29.2 Å². The molecule has 0 saturated carbocycles. The Morgan fingerprint density at radius 1 is 1.37 bits per heavy atom. The van der Waals surface area contributed by atoms with E-state index in [1.807, 2.05) is 18.2 Å². The summed E-state index contributed by atoms with van der Waals surface area (Å²) in [6, 6.07) is 6.83. The summed E-state index contributed by atoms with van der Waals surface area (Å²) in [5, 5.41) is 4.69. The summed E-state index contributed by atoms with van der Waals surface area (Å²) in [6.07, 6.45) is -0.877. The molecule has 146 valence electrons. The van der Waals surface area contributed by atoms with Gasteiger partial charge in [0.15, 0.2) is 15.9 Å². The van der Waals surface area contributed by atoms with Crippen molar-refractivity contribution in [3.8, 4) is 0 Å². The number of thioether (sulfide) groups is 1. The zero-order chi connectivity index (χ0) is 19.6. The second-order valence-corrected chi connectivity index (χ2v) is 10.0. The van der Waals surface area contributed by atoms with Gasteiger partial charge in [0.1, 0.15) is 0 Å². The fraction of sp³-hybridized carbons (Fsp3) is 0.471. The summed E-state index contributed by atoms with van der Waals surface area (Å²) in [6.45, 7) is 1.42. The Labute approximate surface area is 161 Å². The quantitative estimate of drug-likeness (QED) is 0.684. The number of sulfone groups is 1. The molecule has 1 aromatic rings. The van der Waals surface area contributed by atoms with E-state index in [1.54, 1.807) is 6.07 Å². The van der Waals surface area contributed by atoms with Gasteiger partial charge in [0.25, 0.3) is 5.91 Å². The van der Waals surface area contributed by atoms with Gasteiger partial charge in [0.05, 0.1) is 28.9 Å². The molecule has 8 nitrogen and oxygen atoms in total. The zero-order valence-corrected chi connectivity index (χ0v) is 16.3. The fourth-order valence-electron chi connectivity index (χ4n) is 2.90. The third kappa shape index (κ3) is 5.01. The number of hydrogen-bond acceptors (Lipinski definition) is 7. The number of amides is 2. The number of ether oxygens (including phenoxy) is 1. The second kappa shape index (κ2) is 7.89. The van der Waals surface area contributed by atoms with Crippen LogP contribution >= 0.6 is 11.8 Å². The number of benzene rings is 1. The lowest BCUT2D eigenvalue weighted by atomic mass is 10.2. The summed E-state index contributed by atoms with van der Waals surface area (Å²) in [5.41, 5.74) is 0.705. The molecule has 3 atom stereocenters. The molecule has 0 aromatic heterocycles. The molecule has 2 amide bonds. The largest absolute Gasteiger partial charge is 0.453 e. The van der Waals surface area contributed by atoms with Crippen LogP contribution in [0.25, 0.3) is 0 Å². The topological polar surface area (TPSA) is 119 Å². The molecule has 10 heteroatoms. The van der Waals surface area contributed by atoms with Crippen LogP contribution in [0.3, 0.4) is 0 Å². The summed E-state index contributed by atoms with van der Waals surface area (Å²) in [4.78, 5) is 37.2. The fourth-order valence-corrected chi connectivity index (χ4v) is 5.67. The summed E-state index contributed by atoms with van der Waals surface area (Å²) in [5.74, 6) is -1.55. The van der Waals surface area contributed by atoms with Crippen LogP contribution in [0.2, 0.25) is 0 Å². The molecule has 2 aliphatic rings. The van der Waals surface area contributed by atoms with Crippen molar-refractivity contribution < 1.29 is 27.5 Å². The lowest BCUT2D eigenvalue weighted by Crippen LogP contribution is -2.43. The Bertz CT molecular complexity index is 870. The van der Waals surface area contributed by atoms with E-state index in [0.717, 1.165) is 4.90 Å². The van der Waals surface area contributed by atoms with Gasteiger partial charge in [-0.1, -0.05) is 12.1 Å². The number of esters is 1. The highest BCUT2D eigenvalue weighted by Gasteiger charge is 2.32. The van der Waals surface area contributed by atoms with Crippen molar-refractivity contribution in [2.45, 2.75) is 42.1 Å². The molecule has 1 saturated heterocycles. The minimum atomic E-state index is -3.11. The Kier molecular flexibility index (Phi) is 5.75. The average Bonchev–Trinajstić information content (AvgIpc) is 2.94. The van der Waals surface area contributed by atoms with E-state index in [9.17, 15) is 22.8 Å². The Morgan fingerprint density at radius 2 is 2.11 bits per heavy atom. The zero-order valence-electron chi connectivity index (χ0n) is 14.6. The van der Waals surface area contributed by atoms with Crippen molar-refractivity contribution in [3.63, 3.8) is 0 Å². The van der Waals surface area contributed by atoms with E-state index in [-0.39, 0.29) is 23.8 Å². The first-order valence-corrected chi connectivity index (χ1v) is 11.2. The van der Waals surface area contributed by atoms with Crippen molar-refractivity contribution in [2.75, 3.05) is 16.8 Å². The molecule has 2 aliphatic heterocycles. The number of anilines is 1. The van der Waals surface area contributed by atoms with Crippen molar-refractivity contribution in [1.29, 1.82) is 0 Å². The SMILES string of the molecule is C[C@H](OC(=O)C[C@@H]1Sc2ccccc2NC1=O)C(=O)N[C@@H]1CCS(=O)(=O)C1. The van der Waals surface area contributed by atoms with Crippen LogP contribution < -0.4 is 10.6 Å². The van der Waals surface area contributed by atoms with E-state index in [2.05, 4.69) is 10.6 Å². The molecule has 2 heterocycles. The first kappa shape index (κ1) is 19.7. The van der Waals surface area contributed by atoms with Gasteiger partial charge in [0, 0.05) is 10.9 Å². The maximum Gasteiger partial charge on any atom is 0.308 e. The van der Waals surface area contributed by atoms with Crippen LogP contribution in [-0.2, 0) is 29.0 Å². The van der Waals surface area contributed by atoms with Crippen LogP contribution in [0, 0.1) is 0 Å². The highest BCUT2D eigenvalue weighted by atomic mass is 32.2. The molecule has 1 fully saturated rings. The first-order valence-electron chi connectivity index (χ1n) is 8.50. The number of rotatable bonds is 5. The second-order valence-electron chi connectivity index (χ2n) is 6.54. The number of para-hydroxylation sites is 1. The molecular formula is C17H20N2O6S2. The Balaban J connectivity index is 1.50. The van der Waals surface area contributed by atoms with Crippen LogP contribution in [-0.4, -0.2) is 55.1 Å². The maximum atomic E-state index is 12.1. The predicted molar refractivity (Wildman–Crippen MR) is 100 cm³/mol. The summed E-state index contributed by atoms with van der Waals surface area (Å²) in [7, 11) is -3.11. The Hall–Kier alpha value is -2.07. The van der Waals surface area contributed by atoms with E-state index < -0.39 is 39.1 Å². The van der Waals surface area contributed by atoms with Gasteiger partial charge < -0.3 is 15.4 Å². The standard InChI is InChI=1S/C17H20N2O6S2/c1-10(16(21)18-11-6-7-27(23,24)9-11)25-15(20)8-14-17(22)19-12-4-2-3-5-13(12)26-14/h2-5,10-11,14H,6-9H2,1H3,(H,18,21)(H,19,22)/t10-,11+,14-/m0/s1. The van der Waals surface area contributed by atoms with Gasteiger partial charge in [-0.05, 0) is 25.5 Å². The van der Waals surface area contributed by atoms with Gasteiger partial charge in [-0.2, -0.15) is 0 Å². The maximum absolute atomic E-state index is 12.1. The van der Waals surface area contributed by atoms with Gasteiger partial charge >= 0.3 is 5.97 Å². The molecular weight excluding hydrogens is 392 g/mol. The first-order chi connectivity index (χ1) is 12.7. The van der Waals surface area contributed by atoms with E-state index in [4.69, 9.17) is 4.74 Å². The summed E-state index contributed by atoms with van der Waals surface area (Å²) < 4.78 is 28.0. The lowest BCUT2D eigenvalue weighted by Gasteiger charge is -2.24. The molecule has 3 rings (SSSR count). The van der Waals surface area contributed by atoms with Crippen molar-refractivity contribution in [3.05, 3.63) is 24.3 Å². The molecule has 0 bridgehead atoms. The number of carbonyl (C=O) groups excluding carboxylic acids is 3. The molecule has 0 spiro atoms. The van der Waals surface area contributed by atoms with Gasteiger partial charge in [-0.15, -0.1) is 11.8 Å². The average molecular weight is 412 g/mol. The van der Waals surface area contributed by atoms with E-state index >= 15 is 0 Å². The molecule has 27 heavy (non-hydrogen) atoms. The summed E-state index contributed by atoms with van der Waals surface area (Å²) >= 11 is 1.27. The molecule has 0 aliphatic carbocycles. The normalized spacial score (nSPS) is 24.4. The minimum absolute atomic E-state index is 0.0433. The Morgan fingerprint density at radius 3 is 2.81 bits per heavy atom. The van der Waals surface area contributed by atoms with Crippen molar-refractivity contribution >= 4 is 45.1 Å². The van der Waals surface area contributed by atoms with Crippen molar-refractivity contribution in [1.82, 2.24) is 5.32 Å². The number of nitrogens with one attached hydrogen (secondary N) is 2. The van der Waals surface area contributed by atoms with Crippen LogP contribution in [0.4, 0.5) is 5.69 Å². The third-order valence-corrected chi connectivity index (χ3v) is 7.36. The third-order valence-electron chi connectivity index (χ3n) is 4.31. The van der Waals surface area contributed by atoms with Gasteiger partial charge in [-0.25, -0.2) is 8.42 Å². The van der Waals surface area contributed by atoms with Crippen molar-refractivity contribution in [2.24, 2.45) is 0 Å². The smallest absolute Gasteiger partial charge is 0.308 e. The molecule has 1 aromatic carbocycles. The van der Waals surface area contributed by atoms with E-state index in [1.165, 1.54) is 18.7 Å². The number of carbonyl (C=O) groups is 3. The minimum Gasteiger partial charge on any atom is -0.453 e. The molecule has 0 radical (unpaired) electrons. The molecule has 2 N–H and O–H groups in total. The van der Waals surface area contributed by atoms with Gasteiger partial charge in [0.2, 0.25) is 5.91 Å². The lowest BCUT2D eigenvalue weighted by molar-refractivity contribution is -0.155. The van der Waals surface area contributed by atoms with E-state index in [0.29, 0.717) is 12.1 Å². The van der Waals surface area contributed by atoms with Crippen LogP contribution in [0.1, 0.15) is 19.8 Å². The number of hydrogen-bond donors (Lipinski definition) is 2. The van der Waals surface area contributed by atoms with Crippen LogP contribution in [0.5, 0.6) is 0 Å². The highest BCUT2D eigenvalue weighted by molar-refractivity contribution is 8.01. The highest BCUT2D eigenvalue weighted by Crippen LogP contribution is 2.36. The predicted octanol–water partition coefficient (Wildman–Crippen LogP) is 0.725. The van der Waals surface area contributed by atoms with Gasteiger partial charge in [-0.3, -0.25) is 14.4 Å².